The average Bonchev–Trinajstić information content (AvgIpc) is 1.93. The summed E-state index contributed by atoms with van der Waals surface area (Å²) in [6.07, 6.45) is 4.31. The lowest BCUT2D eigenvalue weighted by molar-refractivity contribution is -0.138. The highest BCUT2D eigenvalue weighted by Gasteiger charge is 2.20. The molecule has 1 fully saturated rings. The van der Waals surface area contributed by atoms with Crippen molar-refractivity contribution in [2.45, 2.75) is 32.1 Å². The molecule has 0 aliphatic heterocycles. The van der Waals surface area contributed by atoms with E-state index in [1.807, 2.05) is 0 Å². The van der Waals surface area contributed by atoms with Crippen molar-refractivity contribution in [2.75, 3.05) is 0 Å². The van der Waals surface area contributed by atoms with Crippen LogP contribution in [0.2, 0.25) is 0 Å². The van der Waals surface area contributed by atoms with Gasteiger partial charge < -0.3 is 5.11 Å². The van der Waals surface area contributed by atoms with Crippen LogP contribution in [0.5, 0.6) is 0 Å². The smallest absolute Gasteiger partial charge is 0.303 e. The zero-order chi connectivity index (χ0) is 8.27. The minimum absolute atomic E-state index is 0.319. The molecular formula is C9H14O2. The second-order valence-corrected chi connectivity index (χ2v) is 3.38. The van der Waals surface area contributed by atoms with Gasteiger partial charge in [0.1, 0.15) is 0 Å². The van der Waals surface area contributed by atoms with Crippen LogP contribution in [0.1, 0.15) is 32.1 Å². The van der Waals surface area contributed by atoms with Gasteiger partial charge in [-0.05, 0) is 44.4 Å². The van der Waals surface area contributed by atoms with Crippen molar-refractivity contribution < 1.29 is 9.90 Å². The van der Waals surface area contributed by atoms with Crippen molar-refractivity contribution in [3.63, 3.8) is 0 Å². The summed E-state index contributed by atoms with van der Waals surface area (Å²) in [6.45, 7) is 5.68. The van der Waals surface area contributed by atoms with Crippen LogP contribution in [-0.2, 0) is 4.79 Å². The lowest BCUT2D eigenvalue weighted by atomic mass is 9.81. The predicted octanol–water partition coefficient (Wildman–Crippen LogP) is 1.98. The molecule has 62 valence electrons. The Labute approximate surface area is 67.6 Å². The number of hydrogen-bond acceptors (Lipinski definition) is 1. The van der Waals surface area contributed by atoms with Crippen molar-refractivity contribution in [1.82, 2.24) is 0 Å². The van der Waals surface area contributed by atoms with E-state index < -0.39 is 5.97 Å². The average molecular weight is 154 g/mol. The van der Waals surface area contributed by atoms with Crippen LogP contribution >= 0.6 is 0 Å². The lowest BCUT2D eigenvalue weighted by Crippen LogP contribution is -2.15. The lowest BCUT2D eigenvalue weighted by Gasteiger charge is -2.24. The topological polar surface area (TPSA) is 37.3 Å². The fourth-order valence-electron chi connectivity index (χ4n) is 1.64. The Morgan fingerprint density at radius 3 is 2.36 bits per heavy atom. The first-order valence-corrected chi connectivity index (χ1v) is 4.16. The molecule has 0 unspecified atom stereocenters. The van der Waals surface area contributed by atoms with Gasteiger partial charge in [0.05, 0.1) is 0 Å². The first-order valence-electron chi connectivity index (χ1n) is 4.16. The number of rotatable bonds is 2. The molecule has 1 N–H and O–H groups in total. The van der Waals surface area contributed by atoms with Crippen LogP contribution in [-0.4, -0.2) is 11.1 Å². The third-order valence-electron chi connectivity index (χ3n) is 2.35. The maximum atomic E-state index is 10.3. The summed E-state index contributed by atoms with van der Waals surface area (Å²) in [6, 6.07) is 0. The Bertz CT molecular complexity index is 134. The Morgan fingerprint density at radius 1 is 1.36 bits per heavy atom. The second kappa shape index (κ2) is 3.74. The highest BCUT2D eigenvalue weighted by molar-refractivity contribution is 5.67. The highest BCUT2D eigenvalue weighted by Crippen LogP contribution is 2.29. The molecule has 1 rings (SSSR count). The van der Waals surface area contributed by atoms with Crippen molar-refractivity contribution >= 4 is 5.97 Å². The van der Waals surface area contributed by atoms with Crippen molar-refractivity contribution in [1.29, 1.82) is 0 Å². The molecule has 0 atom stereocenters. The van der Waals surface area contributed by atoms with Crippen LogP contribution in [0.4, 0.5) is 0 Å². The van der Waals surface area contributed by atoms with Crippen LogP contribution in [0.25, 0.3) is 0 Å². The summed E-state index contributed by atoms with van der Waals surface area (Å²) in [5.41, 5.74) is 0. The van der Waals surface area contributed by atoms with E-state index in [1.165, 1.54) is 0 Å². The monoisotopic (exact) mass is 154 g/mol. The van der Waals surface area contributed by atoms with Gasteiger partial charge in [-0.2, -0.15) is 0 Å². The number of aliphatic carboxylic acids is 1. The molecule has 2 heteroatoms. The van der Waals surface area contributed by atoms with E-state index in [-0.39, 0.29) is 0 Å². The zero-order valence-electron chi connectivity index (χ0n) is 6.62. The zero-order valence-corrected chi connectivity index (χ0v) is 6.62. The minimum Gasteiger partial charge on any atom is -0.481 e. The Hall–Kier alpha value is -0.530. The van der Waals surface area contributed by atoms with Crippen LogP contribution in [0.15, 0.2) is 0 Å². The van der Waals surface area contributed by atoms with Gasteiger partial charge in [0.15, 0.2) is 0 Å². The van der Waals surface area contributed by atoms with Gasteiger partial charge in [-0.15, -0.1) is 0 Å². The molecule has 0 heterocycles. The molecule has 1 aliphatic carbocycles. The highest BCUT2D eigenvalue weighted by atomic mass is 16.4. The summed E-state index contributed by atoms with van der Waals surface area (Å²) in [4.78, 5) is 10.3. The van der Waals surface area contributed by atoms with E-state index in [2.05, 4.69) is 0 Å². The van der Waals surface area contributed by atoms with Gasteiger partial charge in [-0.25, -0.2) is 0 Å². The van der Waals surface area contributed by atoms with Gasteiger partial charge >= 0.3 is 5.97 Å². The molecule has 1 saturated carbocycles. The van der Waals surface area contributed by atoms with E-state index in [0.717, 1.165) is 25.7 Å². The van der Waals surface area contributed by atoms with Crippen LogP contribution in [0, 0.1) is 18.8 Å². The number of carbonyl (C=O) groups is 1. The fourth-order valence-corrected chi connectivity index (χ4v) is 1.64. The first kappa shape index (κ1) is 8.57. The minimum atomic E-state index is -0.675. The van der Waals surface area contributed by atoms with Gasteiger partial charge in [0, 0.05) is 6.42 Å². The Balaban J connectivity index is 2.22. The summed E-state index contributed by atoms with van der Waals surface area (Å²) < 4.78 is 0. The molecule has 0 aromatic heterocycles. The summed E-state index contributed by atoms with van der Waals surface area (Å²) >= 11 is 0. The van der Waals surface area contributed by atoms with Gasteiger partial charge in [-0.3, -0.25) is 4.79 Å². The van der Waals surface area contributed by atoms with E-state index in [9.17, 15) is 4.79 Å². The normalized spacial score (nSPS) is 31.7. The molecule has 0 amide bonds. The maximum absolute atomic E-state index is 10.3. The third-order valence-corrected chi connectivity index (χ3v) is 2.35. The van der Waals surface area contributed by atoms with E-state index >= 15 is 0 Å². The van der Waals surface area contributed by atoms with E-state index in [0.29, 0.717) is 18.3 Å². The van der Waals surface area contributed by atoms with E-state index in [1.54, 1.807) is 0 Å². The third kappa shape index (κ3) is 2.91. The molecule has 11 heavy (non-hydrogen) atoms. The first-order chi connectivity index (χ1) is 5.18. The van der Waals surface area contributed by atoms with Crippen molar-refractivity contribution in [3.8, 4) is 0 Å². The molecule has 0 saturated heterocycles. The largest absolute Gasteiger partial charge is 0.481 e. The van der Waals surface area contributed by atoms with E-state index in [4.69, 9.17) is 12.0 Å². The molecule has 2 nitrogen and oxygen atoms in total. The fraction of sp³-hybridized carbons (Fsp3) is 0.778. The van der Waals surface area contributed by atoms with Gasteiger partial charge in [0.25, 0.3) is 0 Å². The summed E-state index contributed by atoms with van der Waals surface area (Å²) in [5.74, 6) is 0.0258. The quantitative estimate of drug-likeness (QED) is 0.660. The molecule has 2 radical (unpaired) electrons. The summed E-state index contributed by atoms with van der Waals surface area (Å²) in [5, 5.41) is 8.50. The Morgan fingerprint density at radius 2 is 1.91 bits per heavy atom. The molecule has 1 aliphatic rings. The van der Waals surface area contributed by atoms with Gasteiger partial charge in [-0.1, -0.05) is 0 Å². The molecular weight excluding hydrogens is 140 g/mol. The Kier molecular flexibility index (Phi) is 2.92. The summed E-state index contributed by atoms with van der Waals surface area (Å²) in [7, 11) is 0. The number of hydrogen-bond donors (Lipinski definition) is 1. The molecule has 0 spiro atoms. The SMILES string of the molecule is [CH]C1CCC(CC(=O)O)CC1. The molecule has 0 aromatic carbocycles. The number of carboxylic acids is 1. The maximum Gasteiger partial charge on any atom is 0.303 e. The number of carboxylic acid groups (broad SMARTS) is 1. The predicted molar refractivity (Wildman–Crippen MR) is 42.0 cm³/mol. The van der Waals surface area contributed by atoms with Gasteiger partial charge in [0.2, 0.25) is 0 Å². The second-order valence-electron chi connectivity index (χ2n) is 3.38. The standard InChI is InChI=1S/C9H14O2/c1-7-2-4-8(5-3-7)6-9(10)11/h1,7-8H,2-6H2,(H,10,11). The molecule has 0 aromatic rings. The van der Waals surface area contributed by atoms with Crippen molar-refractivity contribution in [2.24, 2.45) is 11.8 Å². The van der Waals surface area contributed by atoms with Crippen LogP contribution in [0.3, 0.4) is 0 Å². The molecule has 0 bridgehead atoms. The van der Waals surface area contributed by atoms with Crippen LogP contribution < -0.4 is 0 Å². The van der Waals surface area contributed by atoms with Crippen molar-refractivity contribution in [3.05, 3.63) is 6.92 Å².